The molecule has 1 fully saturated rings. The molecule has 6 nitrogen and oxygen atoms in total. The van der Waals surface area contributed by atoms with E-state index in [4.69, 9.17) is 15.2 Å². The van der Waals surface area contributed by atoms with Crippen molar-refractivity contribution in [1.29, 1.82) is 0 Å². The fourth-order valence-electron chi connectivity index (χ4n) is 4.05. The molecule has 0 bridgehead atoms. The number of hydrogen-bond donors (Lipinski definition) is 1. The Labute approximate surface area is 176 Å². The summed E-state index contributed by atoms with van der Waals surface area (Å²) in [6.07, 6.45) is 3.57. The molecule has 1 aromatic heterocycles. The van der Waals surface area contributed by atoms with Gasteiger partial charge in [-0.25, -0.2) is 4.98 Å². The van der Waals surface area contributed by atoms with Crippen molar-refractivity contribution < 1.29 is 14.3 Å². The summed E-state index contributed by atoms with van der Waals surface area (Å²) in [5.41, 5.74) is 9.28. The molecule has 0 aliphatic carbocycles. The number of nitrogen functional groups attached to an aromatic ring is 1. The number of nitrogens with zero attached hydrogens (tertiary/aromatic N) is 2. The molecule has 2 N–H and O–H groups in total. The maximum absolute atomic E-state index is 13.4. The minimum absolute atomic E-state index is 0.000544. The van der Waals surface area contributed by atoms with Gasteiger partial charge in [-0.3, -0.25) is 4.79 Å². The number of likely N-dealkylation sites (tertiary alicyclic amines) is 1. The number of ether oxygens (including phenoxy) is 2. The summed E-state index contributed by atoms with van der Waals surface area (Å²) in [6, 6.07) is 17.2. The van der Waals surface area contributed by atoms with Gasteiger partial charge in [0.15, 0.2) is 0 Å². The second-order valence-corrected chi connectivity index (χ2v) is 7.32. The Balaban J connectivity index is 1.64. The van der Waals surface area contributed by atoms with Crippen molar-refractivity contribution in [3.63, 3.8) is 0 Å². The van der Waals surface area contributed by atoms with E-state index < -0.39 is 0 Å². The monoisotopic (exact) mass is 403 g/mol. The van der Waals surface area contributed by atoms with Crippen LogP contribution in [-0.4, -0.2) is 36.6 Å². The van der Waals surface area contributed by atoms with Crippen molar-refractivity contribution in [2.75, 3.05) is 26.5 Å². The normalized spacial score (nSPS) is 15.8. The quantitative estimate of drug-likeness (QED) is 0.686. The molecule has 1 aliphatic rings. The molecule has 0 spiro atoms. The summed E-state index contributed by atoms with van der Waals surface area (Å²) >= 11 is 0. The summed E-state index contributed by atoms with van der Waals surface area (Å²) in [4.78, 5) is 19.3. The fraction of sp³-hybridized carbons (Fsp3) is 0.250. The average molecular weight is 403 g/mol. The molecule has 1 saturated heterocycles. The molecule has 3 aromatic rings. The number of anilines is 1. The van der Waals surface area contributed by atoms with E-state index in [1.807, 2.05) is 41.3 Å². The third-order valence-electron chi connectivity index (χ3n) is 5.53. The number of methoxy groups -OCH3 is 2. The summed E-state index contributed by atoms with van der Waals surface area (Å²) in [5, 5.41) is 0. The van der Waals surface area contributed by atoms with Gasteiger partial charge in [-0.2, -0.15) is 0 Å². The minimum Gasteiger partial charge on any atom is -0.497 e. The summed E-state index contributed by atoms with van der Waals surface area (Å²) in [7, 11) is 3.26. The number of benzene rings is 2. The van der Waals surface area contributed by atoms with E-state index in [2.05, 4.69) is 11.1 Å². The van der Waals surface area contributed by atoms with Crippen LogP contribution in [0.25, 0.3) is 11.1 Å². The van der Waals surface area contributed by atoms with Crippen molar-refractivity contribution in [3.8, 4) is 22.6 Å². The van der Waals surface area contributed by atoms with E-state index in [0.29, 0.717) is 17.1 Å². The topological polar surface area (TPSA) is 77.7 Å². The molecule has 0 radical (unpaired) electrons. The Morgan fingerprint density at radius 3 is 2.73 bits per heavy atom. The van der Waals surface area contributed by atoms with Crippen LogP contribution in [0.15, 0.2) is 60.8 Å². The van der Waals surface area contributed by atoms with Gasteiger partial charge in [0.1, 0.15) is 17.3 Å². The van der Waals surface area contributed by atoms with E-state index in [1.54, 1.807) is 32.5 Å². The molecule has 6 heteroatoms. The molecular formula is C24H25N3O3. The maximum Gasteiger partial charge on any atom is 0.254 e. The van der Waals surface area contributed by atoms with E-state index in [0.717, 1.165) is 41.8 Å². The zero-order valence-corrected chi connectivity index (χ0v) is 17.2. The Kier molecular flexibility index (Phi) is 5.57. The third-order valence-corrected chi connectivity index (χ3v) is 5.53. The highest BCUT2D eigenvalue weighted by Crippen LogP contribution is 2.36. The van der Waals surface area contributed by atoms with Crippen LogP contribution in [0.3, 0.4) is 0 Å². The number of carbonyl (C=O) groups excluding carboxylic acids is 1. The van der Waals surface area contributed by atoms with Gasteiger partial charge in [0.05, 0.1) is 20.3 Å². The van der Waals surface area contributed by atoms with Crippen molar-refractivity contribution in [1.82, 2.24) is 9.88 Å². The highest BCUT2D eigenvalue weighted by atomic mass is 16.5. The Hall–Kier alpha value is -3.54. The number of carbonyl (C=O) groups is 1. The summed E-state index contributed by atoms with van der Waals surface area (Å²) in [5.74, 6) is 1.87. The van der Waals surface area contributed by atoms with Gasteiger partial charge in [-0.15, -0.1) is 0 Å². The van der Waals surface area contributed by atoms with Crippen molar-refractivity contribution >= 4 is 11.7 Å². The van der Waals surface area contributed by atoms with Gasteiger partial charge in [0.25, 0.3) is 5.91 Å². The molecule has 154 valence electrons. The molecule has 30 heavy (non-hydrogen) atoms. The number of hydrogen-bond acceptors (Lipinski definition) is 5. The third kappa shape index (κ3) is 3.81. The van der Waals surface area contributed by atoms with E-state index in [1.165, 1.54) is 0 Å². The maximum atomic E-state index is 13.4. The molecular weight excluding hydrogens is 378 g/mol. The molecule has 1 aliphatic heterocycles. The number of nitrogens with two attached hydrogens (primary N) is 1. The van der Waals surface area contributed by atoms with Crippen LogP contribution < -0.4 is 15.2 Å². The van der Waals surface area contributed by atoms with Gasteiger partial charge >= 0.3 is 0 Å². The standard InChI is InChI=1S/C24H25N3O3/c1-29-19-6-3-5-17(13-19)21-7-4-12-27(21)24(28)18-8-9-20(22(14-18)30-2)16-10-11-26-23(25)15-16/h3,5-6,8-11,13-15,21H,4,7,12H2,1-2H3,(H2,25,26). The van der Waals surface area contributed by atoms with Crippen LogP contribution in [0.1, 0.15) is 34.8 Å². The first-order chi connectivity index (χ1) is 14.6. The molecule has 2 aromatic carbocycles. The highest BCUT2D eigenvalue weighted by molar-refractivity contribution is 5.96. The minimum atomic E-state index is -0.000544. The van der Waals surface area contributed by atoms with Crippen LogP contribution in [0.4, 0.5) is 5.82 Å². The van der Waals surface area contributed by atoms with E-state index in [9.17, 15) is 4.79 Å². The molecule has 0 saturated carbocycles. The molecule has 1 atom stereocenters. The zero-order chi connectivity index (χ0) is 21.1. The van der Waals surface area contributed by atoms with Gasteiger partial charge in [0, 0.05) is 23.9 Å². The fourth-order valence-corrected chi connectivity index (χ4v) is 4.05. The lowest BCUT2D eigenvalue weighted by Crippen LogP contribution is -2.30. The van der Waals surface area contributed by atoms with Gasteiger partial charge in [-0.1, -0.05) is 12.1 Å². The predicted molar refractivity (Wildman–Crippen MR) is 117 cm³/mol. The molecule has 1 amide bonds. The SMILES string of the molecule is COc1cccc(C2CCCN2C(=O)c2ccc(-c3ccnc(N)c3)c(OC)c2)c1. The number of pyridine rings is 1. The predicted octanol–water partition coefficient (Wildman–Crippen LogP) is 4.33. The van der Waals surface area contributed by atoms with Crippen LogP contribution in [-0.2, 0) is 0 Å². The first-order valence-corrected chi connectivity index (χ1v) is 9.95. The van der Waals surface area contributed by atoms with Crippen molar-refractivity contribution in [2.45, 2.75) is 18.9 Å². The summed E-state index contributed by atoms with van der Waals surface area (Å²) in [6.45, 7) is 0.728. The van der Waals surface area contributed by atoms with Crippen LogP contribution in [0.2, 0.25) is 0 Å². The van der Waals surface area contributed by atoms with Crippen LogP contribution in [0.5, 0.6) is 11.5 Å². The number of rotatable bonds is 5. The first-order valence-electron chi connectivity index (χ1n) is 9.95. The Morgan fingerprint density at radius 1 is 1.10 bits per heavy atom. The van der Waals surface area contributed by atoms with Crippen LogP contribution in [0, 0.1) is 0 Å². The zero-order valence-electron chi connectivity index (χ0n) is 17.2. The summed E-state index contributed by atoms with van der Waals surface area (Å²) < 4.78 is 10.9. The van der Waals surface area contributed by atoms with E-state index in [-0.39, 0.29) is 11.9 Å². The van der Waals surface area contributed by atoms with Crippen LogP contribution >= 0.6 is 0 Å². The first kappa shape index (κ1) is 19.8. The van der Waals surface area contributed by atoms with Gasteiger partial charge in [-0.05, 0) is 66.4 Å². The lowest BCUT2D eigenvalue weighted by Gasteiger charge is -2.26. The average Bonchev–Trinajstić information content (AvgIpc) is 3.28. The van der Waals surface area contributed by atoms with Crippen molar-refractivity contribution in [3.05, 3.63) is 71.9 Å². The Morgan fingerprint density at radius 2 is 1.97 bits per heavy atom. The molecule has 1 unspecified atom stereocenters. The van der Waals surface area contributed by atoms with Crippen molar-refractivity contribution in [2.24, 2.45) is 0 Å². The molecule has 4 rings (SSSR count). The second-order valence-electron chi connectivity index (χ2n) is 7.32. The molecule has 2 heterocycles. The van der Waals surface area contributed by atoms with Gasteiger partial charge in [0.2, 0.25) is 0 Å². The smallest absolute Gasteiger partial charge is 0.254 e. The lowest BCUT2D eigenvalue weighted by atomic mass is 10.0. The number of amides is 1. The second kappa shape index (κ2) is 8.45. The largest absolute Gasteiger partial charge is 0.497 e. The van der Waals surface area contributed by atoms with Gasteiger partial charge < -0.3 is 20.1 Å². The Bertz CT molecular complexity index is 1070. The lowest BCUT2D eigenvalue weighted by molar-refractivity contribution is 0.0735. The number of aromatic nitrogens is 1. The van der Waals surface area contributed by atoms with E-state index >= 15 is 0 Å². The highest BCUT2D eigenvalue weighted by Gasteiger charge is 2.31.